The number of nitrogens with zero attached hydrogens (tertiary/aromatic N) is 2. The van der Waals surface area contributed by atoms with Crippen molar-refractivity contribution in [3.05, 3.63) is 24.3 Å². The normalized spacial score (nSPS) is 31.8. The highest BCUT2D eigenvalue weighted by Crippen LogP contribution is 2.71. The molecule has 0 aliphatic carbocycles. The minimum atomic E-state index is -0.751. The SMILES string of the molecule is CCOc1ccc(NC(=O)[C@H]2[C@H]3C(=O)N([C@@H](CO)C(C)C)C(C(=O)NCCN4CCOCC4)C34CC[C@]2(C)S4)cc1. The number of amides is 3. The van der Waals surface area contributed by atoms with Gasteiger partial charge in [-0.2, -0.15) is 0 Å². The van der Waals surface area contributed by atoms with Gasteiger partial charge in [0, 0.05) is 36.6 Å². The number of aliphatic hydroxyl groups excluding tert-OH is 1. The van der Waals surface area contributed by atoms with Gasteiger partial charge < -0.3 is 30.1 Å². The van der Waals surface area contributed by atoms with E-state index in [9.17, 15) is 19.5 Å². The Bertz CT molecular complexity index is 1130. The van der Waals surface area contributed by atoms with E-state index < -0.39 is 33.4 Å². The Labute approximate surface area is 246 Å². The molecular weight excluding hydrogens is 544 g/mol. The highest BCUT2D eigenvalue weighted by atomic mass is 32.2. The van der Waals surface area contributed by atoms with Gasteiger partial charge in [-0.1, -0.05) is 13.8 Å². The maximum atomic E-state index is 14.3. The number of hydrogen-bond acceptors (Lipinski definition) is 8. The summed E-state index contributed by atoms with van der Waals surface area (Å²) in [6, 6.07) is 5.96. The Hall–Kier alpha value is -2.34. The van der Waals surface area contributed by atoms with Gasteiger partial charge in [0.05, 0.1) is 49.1 Å². The van der Waals surface area contributed by atoms with Crippen LogP contribution in [-0.2, 0) is 19.1 Å². The number of nitrogens with one attached hydrogen (secondary N) is 2. The van der Waals surface area contributed by atoms with Crippen LogP contribution in [0.25, 0.3) is 0 Å². The van der Waals surface area contributed by atoms with Crippen LogP contribution in [0.2, 0.25) is 0 Å². The molecular formula is C30H44N4O6S. The highest BCUT2D eigenvalue weighted by molar-refractivity contribution is 8.02. The van der Waals surface area contributed by atoms with E-state index in [1.165, 1.54) is 0 Å². The maximum absolute atomic E-state index is 14.3. The van der Waals surface area contributed by atoms with Gasteiger partial charge >= 0.3 is 0 Å². The Morgan fingerprint density at radius 1 is 1.17 bits per heavy atom. The van der Waals surface area contributed by atoms with E-state index in [1.807, 2.05) is 32.9 Å². The Morgan fingerprint density at radius 3 is 2.51 bits per heavy atom. The van der Waals surface area contributed by atoms with Crippen LogP contribution in [-0.4, -0.2) is 107 Å². The molecule has 0 radical (unpaired) electrons. The number of thioether (sulfide) groups is 1. The molecule has 2 bridgehead atoms. The molecule has 4 heterocycles. The summed E-state index contributed by atoms with van der Waals surface area (Å²) in [6.45, 7) is 12.4. The summed E-state index contributed by atoms with van der Waals surface area (Å²) in [5.41, 5.74) is 0.638. The molecule has 4 fully saturated rings. The predicted molar refractivity (Wildman–Crippen MR) is 158 cm³/mol. The standard InChI is InChI=1S/C30H44N4O6S/c1-5-40-21-8-6-20(7-9-21)32-26(36)23-24-28(38)34(22(18-35)19(2)3)25(30(24)11-10-29(23,4)41-30)27(37)31-12-13-33-14-16-39-17-15-33/h6-9,19,22-25,35H,5,10-18H2,1-4H3,(H,31,37)(H,32,36)/t22-,23+,24-,25?,29-,30?/m0/s1. The number of ether oxygens (including phenoxy) is 2. The van der Waals surface area contributed by atoms with Crippen molar-refractivity contribution in [2.45, 2.75) is 62.1 Å². The van der Waals surface area contributed by atoms with Gasteiger partial charge in [0.2, 0.25) is 17.7 Å². The summed E-state index contributed by atoms with van der Waals surface area (Å²) in [7, 11) is 0. The second-order valence-electron chi connectivity index (χ2n) is 12.2. The van der Waals surface area contributed by atoms with Gasteiger partial charge in [-0.05, 0) is 56.9 Å². The molecule has 1 aromatic carbocycles. The zero-order valence-corrected chi connectivity index (χ0v) is 25.4. The molecule has 1 aromatic rings. The molecule has 4 saturated heterocycles. The molecule has 0 saturated carbocycles. The Kier molecular flexibility index (Phi) is 8.90. The summed E-state index contributed by atoms with van der Waals surface area (Å²) in [4.78, 5) is 46.2. The van der Waals surface area contributed by atoms with E-state index in [-0.39, 0.29) is 30.2 Å². The summed E-state index contributed by atoms with van der Waals surface area (Å²) < 4.78 is 9.75. The van der Waals surface area contributed by atoms with Gasteiger partial charge in [0.15, 0.2) is 0 Å². The smallest absolute Gasteiger partial charge is 0.244 e. The average Bonchev–Trinajstić information content (AvgIpc) is 3.51. The van der Waals surface area contributed by atoms with Crippen molar-refractivity contribution in [1.82, 2.24) is 15.1 Å². The van der Waals surface area contributed by atoms with Crippen LogP contribution in [0.1, 0.15) is 40.5 Å². The van der Waals surface area contributed by atoms with E-state index in [1.54, 1.807) is 28.8 Å². The maximum Gasteiger partial charge on any atom is 0.244 e. The molecule has 5 rings (SSSR count). The first-order valence-electron chi connectivity index (χ1n) is 14.9. The van der Waals surface area contributed by atoms with Crippen LogP contribution in [0.5, 0.6) is 5.75 Å². The number of morpholine rings is 1. The summed E-state index contributed by atoms with van der Waals surface area (Å²) in [5, 5.41) is 16.6. The number of likely N-dealkylation sites (tertiary alicyclic amines) is 1. The Morgan fingerprint density at radius 2 is 1.88 bits per heavy atom. The topological polar surface area (TPSA) is 120 Å². The fraction of sp³-hybridized carbons (Fsp3) is 0.700. The van der Waals surface area contributed by atoms with Crippen LogP contribution in [0, 0.1) is 17.8 Å². The molecule has 0 aromatic heterocycles. The third-order valence-corrected chi connectivity index (χ3v) is 11.3. The lowest BCUT2D eigenvalue weighted by molar-refractivity contribution is -0.143. The fourth-order valence-electron chi connectivity index (χ4n) is 7.32. The molecule has 3 amide bonds. The van der Waals surface area contributed by atoms with Gasteiger partial charge in [-0.15, -0.1) is 11.8 Å². The lowest BCUT2D eigenvalue weighted by Crippen LogP contribution is -2.58. The molecule has 41 heavy (non-hydrogen) atoms. The number of carbonyl (C=O) groups excluding carboxylic acids is 3. The number of aliphatic hydroxyl groups is 1. The highest BCUT2D eigenvalue weighted by Gasteiger charge is 2.77. The largest absolute Gasteiger partial charge is 0.494 e. The molecule has 10 nitrogen and oxygen atoms in total. The van der Waals surface area contributed by atoms with Crippen molar-refractivity contribution < 1.29 is 29.0 Å². The summed E-state index contributed by atoms with van der Waals surface area (Å²) >= 11 is 1.64. The second-order valence-corrected chi connectivity index (χ2v) is 14.1. The molecule has 4 aliphatic heterocycles. The van der Waals surface area contributed by atoms with Gasteiger partial charge in [0.25, 0.3) is 0 Å². The molecule has 4 aliphatic rings. The zero-order valence-electron chi connectivity index (χ0n) is 24.6. The van der Waals surface area contributed by atoms with Gasteiger partial charge in [0.1, 0.15) is 11.8 Å². The quantitative estimate of drug-likeness (QED) is 0.359. The molecule has 226 valence electrons. The van der Waals surface area contributed by atoms with E-state index >= 15 is 0 Å². The van der Waals surface area contributed by atoms with Crippen LogP contribution in [0.3, 0.4) is 0 Å². The van der Waals surface area contributed by atoms with Crippen molar-refractivity contribution in [2.75, 3.05) is 57.9 Å². The third kappa shape index (κ3) is 5.46. The third-order valence-electron chi connectivity index (χ3n) is 9.32. The Balaban J connectivity index is 1.41. The number of carbonyl (C=O) groups is 3. The first kappa shape index (κ1) is 30.1. The number of anilines is 1. The monoisotopic (exact) mass is 588 g/mol. The van der Waals surface area contributed by atoms with Crippen LogP contribution in [0.15, 0.2) is 24.3 Å². The van der Waals surface area contributed by atoms with Crippen LogP contribution in [0.4, 0.5) is 5.69 Å². The fourth-order valence-corrected chi connectivity index (χ4v) is 9.66. The van der Waals surface area contributed by atoms with E-state index in [0.717, 1.165) is 25.3 Å². The molecule has 2 unspecified atom stereocenters. The van der Waals surface area contributed by atoms with E-state index in [0.29, 0.717) is 45.0 Å². The average molecular weight is 589 g/mol. The second kappa shape index (κ2) is 12.1. The lowest BCUT2D eigenvalue weighted by atomic mass is 9.66. The van der Waals surface area contributed by atoms with Crippen molar-refractivity contribution in [2.24, 2.45) is 17.8 Å². The van der Waals surface area contributed by atoms with Gasteiger partial charge in [-0.3, -0.25) is 19.3 Å². The minimum absolute atomic E-state index is 0.0586. The first-order chi connectivity index (χ1) is 19.6. The summed E-state index contributed by atoms with van der Waals surface area (Å²) in [5.74, 6) is -1.18. The minimum Gasteiger partial charge on any atom is -0.494 e. The van der Waals surface area contributed by atoms with Crippen molar-refractivity contribution >= 4 is 35.2 Å². The zero-order chi connectivity index (χ0) is 29.4. The number of rotatable bonds is 11. The molecule has 11 heteroatoms. The summed E-state index contributed by atoms with van der Waals surface area (Å²) in [6.07, 6.45) is 1.41. The number of benzene rings is 1. The van der Waals surface area contributed by atoms with E-state index in [2.05, 4.69) is 22.5 Å². The lowest BCUT2D eigenvalue weighted by Gasteiger charge is -2.38. The number of fused-ring (bicyclic) bond motifs is 1. The van der Waals surface area contributed by atoms with Crippen molar-refractivity contribution in [3.8, 4) is 5.75 Å². The van der Waals surface area contributed by atoms with Gasteiger partial charge in [-0.25, -0.2) is 0 Å². The molecule has 3 N–H and O–H groups in total. The number of hydrogen-bond donors (Lipinski definition) is 3. The van der Waals surface area contributed by atoms with Crippen LogP contribution < -0.4 is 15.4 Å². The molecule has 6 atom stereocenters. The first-order valence-corrected chi connectivity index (χ1v) is 15.7. The molecule has 1 spiro atoms. The van der Waals surface area contributed by atoms with E-state index in [4.69, 9.17) is 9.47 Å². The van der Waals surface area contributed by atoms with Crippen molar-refractivity contribution in [1.29, 1.82) is 0 Å². The van der Waals surface area contributed by atoms with Crippen LogP contribution >= 0.6 is 11.8 Å². The predicted octanol–water partition coefficient (Wildman–Crippen LogP) is 1.97. The van der Waals surface area contributed by atoms with Crippen molar-refractivity contribution in [3.63, 3.8) is 0 Å².